The lowest BCUT2D eigenvalue weighted by Gasteiger charge is -2.23. The van der Waals surface area contributed by atoms with E-state index in [9.17, 15) is 18.0 Å². The Morgan fingerprint density at radius 3 is 2.31 bits per heavy atom. The highest BCUT2D eigenvalue weighted by molar-refractivity contribution is 5.91. The Hall–Kier alpha value is -1.72. The van der Waals surface area contributed by atoms with Crippen LogP contribution in [0.25, 0.3) is 0 Å². The first-order valence-corrected chi connectivity index (χ1v) is 4.55. The number of nitrogens with one attached hydrogen (secondary N) is 1. The fourth-order valence-corrected chi connectivity index (χ4v) is 1.20. The number of benzene rings is 1. The molecule has 0 aromatic heterocycles. The number of carbonyl (C=O) groups excluding carboxylic acids is 1. The van der Waals surface area contributed by atoms with Crippen LogP contribution in [0, 0.1) is 0 Å². The summed E-state index contributed by atoms with van der Waals surface area (Å²) in [5, 5.41) is 2.17. The van der Waals surface area contributed by atoms with E-state index in [2.05, 4.69) is 5.32 Å². The van der Waals surface area contributed by atoms with E-state index in [0.717, 1.165) is 0 Å². The van der Waals surface area contributed by atoms with Crippen LogP contribution < -0.4 is 10.2 Å². The van der Waals surface area contributed by atoms with E-state index in [1.807, 2.05) is 0 Å². The summed E-state index contributed by atoms with van der Waals surface area (Å²) in [4.78, 5) is 11.9. The molecule has 0 aliphatic carbocycles. The quantitative estimate of drug-likeness (QED) is 0.834. The van der Waals surface area contributed by atoms with Gasteiger partial charge in [0, 0.05) is 12.7 Å². The normalized spacial score (nSPS) is 11.0. The van der Waals surface area contributed by atoms with E-state index in [0.29, 0.717) is 4.90 Å². The minimum absolute atomic E-state index is 0.208. The zero-order valence-corrected chi connectivity index (χ0v) is 8.58. The highest BCUT2D eigenvalue weighted by Gasteiger charge is 2.33. The summed E-state index contributed by atoms with van der Waals surface area (Å²) in [6, 6.07) is 6.91. The molecule has 0 unspecified atom stereocenters. The molecular formula is C10H11F3N2O. The average molecular weight is 232 g/mol. The average Bonchev–Trinajstić information content (AvgIpc) is 2.25. The van der Waals surface area contributed by atoms with Crippen LogP contribution in [-0.4, -0.2) is 25.8 Å². The number of rotatable bonds is 2. The van der Waals surface area contributed by atoms with E-state index in [1.54, 1.807) is 18.2 Å². The van der Waals surface area contributed by atoms with Gasteiger partial charge in [0.25, 0.3) is 0 Å². The molecule has 0 bridgehead atoms. The molecule has 0 spiro atoms. The molecular weight excluding hydrogens is 221 g/mol. The fraction of sp³-hybridized carbons (Fsp3) is 0.300. The first-order chi connectivity index (χ1) is 7.44. The maximum Gasteiger partial charge on any atom is 0.406 e. The Kier molecular flexibility index (Phi) is 3.76. The third-order valence-corrected chi connectivity index (χ3v) is 1.86. The van der Waals surface area contributed by atoms with Gasteiger partial charge in [-0.05, 0) is 12.1 Å². The van der Waals surface area contributed by atoms with Crippen LogP contribution >= 0.6 is 0 Å². The topological polar surface area (TPSA) is 32.3 Å². The van der Waals surface area contributed by atoms with Gasteiger partial charge in [0.2, 0.25) is 0 Å². The summed E-state index contributed by atoms with van der Waals surface area (Å²) >= 11 is 0. The van der Waals surface area contributed by atoms with Crippen molar-refractivity contribution < 1.29 is 18.0 Å². The van der Waals surface area contributed by atoms with Crippen LogP contribution in [0.2, 0.25) is 0 Å². The molecule has 1 rings (SSSR count). The number of urea groups is 1. The lowest BCUT2D eigenvalue weighted by molar-refractivity contribution is -0.118. The number of amides is 2. The van der Waals surface area contributed by atoms with Gasteiger partial charge in [0.15, 0.2) is 0 Å². The Bertz CT molecular complexity index is 351. The molecule has 1 aromatic carbocycles. The van der Waals surface area contributed by atoms with Gasteiger partial charge in [-0.2, -0.15) is 13.2 Å². The van der Waals surface area contributed by atoms with Crippen molar-refractivity contribution in [2.75, 3.05) is 18.5 Å². The molecule has 1 aromatic rings. The summed E-state index contributed by atoms with van der Waals surface area (Å²) in [6.07, 6.45) is -4.43. The summed E-state index contributed by atoms with van der Waals surface area (Å²) in [6.45, 7) is -1.31. The number of nitrogens with zero attached hydrogens (tertiary/aromatic N) is 1. The molecule has 0 saturated heterocycles. The maximum absolute atomic E-state index is 12.3. The van der Waals surface area contributed by atoms with Gasteiger partial charge in [0.1, 0.15) is 6.54 Å². The van der Waals surface area contributed by atoms with Crippen molar-refractivity contribution >= 4 is 11.7 Å². The van der Waals surface area contributed by atoms with Crippen molar-refractivity contribution in [3.05, 3.63) is 30.3 Å². The number of para-hydroxylation sites is 1. The Labute approximate surface area is 90.9 Å². The van der Waals surface area contributed by atoms with Crippen molar-refractivity contribution in [1.29, 1.82) is 0 Å². The summed E-state index contributed by atoms with van der Waals surface area (Å²) in [5.74, 6) is 0. The number of halogens is 3. The van der Waals surface area contributed by atoms with Crippen LogP contribution in [0.1, 0.15) is 0 Å². The molecule has 88 valence electrons. The maximum atomic E-state index is 12.3. The van der Waals surface area contributed by atoms with Crippen molar-refractivity contribution in [3.63, 3.8) is 0 Å². The SMILES string of the molecule is CNC(=O)N(CC(F)(F)F)c1ccccc1. The second-order valence-electron chi connectivity index (χ2n) is 3.09. The van der Waals surface area contributed by atoms with E-state index in [1.165, 1.54) is 19.2 Å². The largest absolute Gasteiger partial charge is 0.406 e. The Morgan fingerprint density at radius 2 is 1.88 bits per heavy atom. The molecule has 0 saturated carbocycles. The highest BCUT2D eigenvalue weighted by atomic mass is 19.4. The van der Waals surface area contributed by atoms with Gasteiger partial charge in [-0.15, -0.1) is 0 Å². The van der Waals surface area contributed by atoms with E-state index >= 15 is 0 Å². The molecule has 3 nitrogen and oxygen atoms in total. The molecule has 0 fully saturated rings. The third-order valence-electron chi connectivity index (χ3n) is 1.86. The van der Waals surface area contributed by atoms with E-state index in [4.69, 9.17) is 0 Å². The Balaban J connectivity index is 2.93. The zero-order chi connectivity index (χ0) is 12.2. The first-order valence-electron chi connectivity index (χ1n) is 4.55. The molecule has 16 heavy (non-hydrogen) atoms. The summed E-state index contributed by atoms with van der Waals surface area (Å²) in [7, 11) is 1.29. The van der Waals surface area contributed by atoms with Gasteiger partial charge in [-0.3, -0.25) is 4.90 Å². The molecule has 0 heterocycles. The van der Waals surface area contributed by atoms with Crippen molar-refractivity contribution in [1.82, 2.24) is 5.32 Å². The van der Waals surface area contributed by atoms with Crippen LogP contribution in [0.4, 0.5) is 23.7 Å². The lowest BCUT2D eigenvalue weighted by atomic mass is 10.3. The van der Waals surface area contributed by atoms with Crippen LogP contribution in [-0.2, 0) is 0 Å². The van der Waals surface area contributed by atoms with Gasteiger partial charge in [-0.1, -0.05) is 18.2 Å². The Morgan fingerprint density at radius 1 is 1.31 bits per heavy atom. The third kappa shape index (κ3) is 3.45. The monoisotopic (exact) mass is 232 g/mol. The lowest BCUT2D eigenvalue weighted by Crippen LogP contribution is -2.43. The minimum atomic E-state index is -4.43. The van der Waals surface area contributed by atoms with Gasteiger partial charge in [0.05, 0.1) is 0 Å². The van der Waals surface area contributed by atoms with E-state index in [-0.39, 0.29) is 5.69 Å². The van der Waals surface area contributed by atoms with Crippen molar-refractivity contribution in [2.45, 2.75) is 6.18 Å². The summed E-state index contributed by atoms with van der Waals surface area (Å²) < 4.78 is 36.8. The first kappa shape index (κ1) is 12.4. The standard InChI is InChI=1S/C10H11F3N2O/c1-14-9(16)15(7-10(11,12)13)8-5-3-2-4-6-8/h2-6H,7H2,1H3,(H,14,16). The van der Waals surface area contributed by atoms with Gasteiger partial charge < -0.3 is 5.32 Å². The molecule has 0 atom stereocenters. The number of hydrogen-bond acceptors (Lipinski definition) is 1. The summed E-state index contributed by atoms with van der Waals surface area (Å²) in [5.41, 5.74) is 0.208. The van der Waals surface area contributed by atoms with Crippen LogP contribution in [0.5, 0.6) is 0 Å². The predicted molar refractivity (Wildman–Crippen MR) is 54.3 cm³/mol. The molecule has 6 heteroatoms. The molecule has 1 N–H and O–H groups in total. The fourth-order valence-electron chi connectivity index (χ4n) is 1.20. The van der Waals surface area contributed by atoms with Crippen LogP contribution in [0.15, 0.2) is 30.3 Å². The minimum Gasteiger partial charge on any atom is -0.341 e. The number of anilines is 1. The predicted octanol–water partition coefficient (Wildman–Crippen LogP) is 2.39. The second-order valence-corrected chi connectivity index (χ2v) is 3.09. The smallest absolute Gasteiger partial charge is 0.341 e. The van der Waals surface area contributed by atoms with Gasteiger partial charge >= 0.3 is 12.2 Å². The molecule has 0 aliphatic rings. The van der Waals surface area contributed by atoms with Crippen molar-refractivity contribution in [3.8, 4) is 0 Å². The van der Waals surface area contributed by atoms with E-state index < -0.39 is 18.8 Å². The zero-order valence-electron chi connectivity index (χ0n) is 8.58. The number of carbonyl (C=O) groups is 1. The molecule has 0 radical (unpaired) electrons. The highest BCUT2D eigenvalue weighted by Crippen LogP contribution is 2.21. The molecule has 2 amide bonds. The van der Waals surface area contributed by atoms with Crippen molar-refractivity contribution in [2.24, 2.45) is 0 Å². The van der Waals surface area contributed by atoms with Crippen LogP contribution in [0.3, 0.4) is 0 Å². The molecule has 0 aliphatic heterocycles. The van der Waals surface area contributed by atoms with Gasteiger partial charge in [-0.25, -0.2) is 4.79 Å². The second kappa shape index (κ2) is 4.87. The number of alkyl halides is 3. The number of hydrogen-bond donors (Lipinski definition) is 1.